The molecule has 0 aliphatic carbocycles. The molecule has 1 aliphatic rings. The van der Waals surface area contributed by atoms with Gasteiger partial charge in [-0.25, -0.2) is 19.3 Å². The van der Waals surface area contributed by atoms with Gasteiger partial charge in [0.05, 0.1) is 16.7 Å². The number of piperidine rings is 1. The van der Waals surface area contributed by atoms with Crippen LogP contribution in [0.15, 0.2) is 30.6 Å². The SMILES string of the molecule is CN(C)Cc1cc(N2CCC(c3nc4ccc(F)cc4[nH]3)CC2)ncn1. The molecule has 0 radical (unpaired) electrons. The van der Waals surface area contributed by atoms with Crippen LogP contribution in [0.2, 0.25) is 0 Å². The Hall–Kier alpha value is -2.54. The van der Waals surface area contributed by atoms with E-state index in [1.165, 1.54) is 12.1 Å². The summed E-state index contributed by atoms with van der Waals surface area (Å²) in [5.41, 5.74) is 2.63. The number of hydrogen-bond acceptors (Lipinski definition) is 5. The minimum absolute atomic E-state index is 0.236. The van der Waals surface area contributed by atoms with Gasteiger partial charge < -0.3 is 14.8 Å². The highest BCUT2D eigenvalue weighted by atomic mass is 19.1. The van der Waals surface area contributed by atoms with Crippen LogP contribution in [0.1, 0.15) is 30.3 Å². The van der Waals surface area contributed by atoms with Gasteiger partial charge in [0, 0.05) is 31.6 Å². The lowest BCUT2D eigenvalue weighted by molar-refractivity contribution is 0.396. The lowest BCUT2D eigenvalue weighted by Crippen LogP contribution is -2.34. The molecule has 6 nitrogen and oxygen atoms in total. The number of imidazole rings is 1. The molecule has 0 amide bonds. The number of rotatable bonds is 4. The molecular weight excluding hydrogens is 331 g/mol. The third-order valence-corrected chi connectivity index (χ3v) is 4.86. The van der Waals surface area contributed by atoms with E-state index in [0.29, 0.717) is 5.92 Å². The Labute approximate surface area is 152 Å². The van der Waals surface area contributed by atoms with E-state index in [2.05, 4.69) is 35.8 Å². The first-order chi connectivity index (χ1) is 12.6. The standard InChI is InChI=1S/C19H23FN6/c1-25(2)11-15-10-18(22-12-21-15)26-7-5-13(6-8-26)19-23-16-4-3-14(20)9-17(16)24-19/h3-4,9-10,12-13H,5-8,11H2,1-2H3,(H,23,24). The Morgan fingerprint density at radius 1 is 1.19 bits per heavy atom. The molecule has 1 saturated heterocycles. The summed E-state index contributed by atoms with van der Waals surface area (Å²) in [6.45, 7) is 2.66. The van der Waals surface area contributed by atoms with Crippen LogP contribution in [0.4, 0.5) is 10.2 Å². The fraction of sp³-hybridized carbons (Fsp3) is 0.421. The highest BCUT2D eigenvalue weighted by Crippen LogP contribution is 2.29. The van der Waals surface area contributed by atoms with Crippen molar-refractivity contribution in [2.75, 3.05) is 32.1 Å². The Morgan fingerprint density at radius 2 is 2.00 bits per heavy atom. The highest BCUT2D eigenvalue weighted by molar-refractivity contribution is 5.75. The molecule has 136 valence electrons. The molecule has 4 rings (SSSR count). The first kappa shape index (κ1) is 16.9. The van der Waals surface area contributed by atoms with Crippen molar-refractivity contribution in [1.29, 1.82) is 0 Å². The fourth-order valence-corrected chi connectivity index (χ4v) is 3.55. The summed E-state index contributed by atoms with van der Waals surface area (Å²) in [4.78, 5) is 21.1. The third-order valence-electron chi connectivity index (χ3n) is 4.86. The van der Waals surface area contributed by atoms with E-state index in [9.17, 15) is 4.39 Å². The summed E-state index contributed by atoms with van der Waals surface area (Å²) < 4.78 is 13.4. The second-order valence-corrected chi connectivity index (χ2v) is 7.15. The van der Waals surface area contributed by atoms with Crippen LogP contribution < -0.4 is 4.90 Å². The van der Waals surface area contributed by atoms with Crippen LogP contribution in [-0.4, -0.2) is 52.0 Å². The van der Waals surface area contributed by atoms with E-state index in [1.807, 2.05) is 14.1 Å². The smallest absolute Gasteiger partial charge is 0.132 e. The predicted octanol–water partition coefficient (Wildman–Crippen LogP) is 2.94. The molecule has 0 saturated carbocycles. The number of hydrogen-bond donors (Lipinski definition) is 1. The van der Waals surface area contributed by atoms with Gasteiger partial charge in [0.15, 0.2) is 0 Å². The zero-order valence-electron chi connectivity index (χ0n) is 15.1. The molecule has 1 fully saturated rings. The molecule has 1 aliphatic heterocycles. The minimum atomic E-state index is -0.236. The first-order valence-electron chi connectivity index (χ1n) is 8.94. The molecule has 0 unspecified atom stereocenters. The van der Waals surface area contributed by atoms with Crippen molar-refractivity contribution in [2.45, 2.75) is 25.3 Å². The maximum absolute atomic E-state index is 13.4. The molecular formula is C19H23FN6. The highest BCUT2D eigenvalue weighted by Gasteiger charge is 2.24. The van der Waals surface area contributed by atoms with E-state index in [1.54, 1.807) is 12.4 Å². The van der Waals surface area contributed by atoms with Crippen molar-refractivity contribution >= 4 is 16.9 Å². The fourth-order valence-electron chi connectivity index (χ4n) is 3.55. The summed E-state index contributed by atoms with van der Waals surface area (Å²) in [6, 6.07) is 6.77. The second-order valence-electron chi connectivity index (χ2n) is 7.15. The number of nitrogens with one attached hydrogen (secondary N) is 1. The van der Waals surface area contributed by atoms with E-state index < -0.39 is 0 Å². The molecule has 3 aromatic rings. The van der Waals surface area contributed by atoms with Crippen LogP contribution >= 0.6 is 0 Å². The molecule has 7 heteroatoms. The van der Waals surface area contributed by atoms with Gasteiger partial charge in [0.25, 0.3) is 0 Å². The zero-order valence-corrected chi connectivity index (χ0v) is 15.1. The van der Waals surface area contributed by atoms with E-state index in [4.69, 9.17) is 0 Å². The number of H-pyrrole nitrogens is 1. The summed E-state index contributed by atoms with van der Waals surface area (Å²) in [5, 5.41) is 0. The number of aromatic amines is 1. The Bertz CT molecular complexity index is 898. The van der Waals surface area contributed by atoms with Crippen molar-refractivity contribution < 1.29 is 4.39 Å². The lowest BCUT2D eigenvalue weighted by Gasteiger charge is -2.32. The van der Waals surface area contributed by atoms with Crippen molar-refractivity contribution in [3.63, 3.8) is 0 Å². The molecule has 0 bridgehead atoms. The lowest BCUT2D eigenvalue weighted by atomic mass is 9.96. The van der Waals surface area contributed by atoms with Gasteiger partial charge in [-0.1, -0.05) is 0 Å². The predicted molar refractivity (Wildman–Crippen MR) is 99.7 cm³/mol. The minimum Gasteiger partial charge on any atom is -0.356 e. The van der Waals surface area contributed by atoms with E-state index in [-0.39, 0.29) is 5.82 Å². The average Bonchev–Trinajstić information content (AvgIpc) is 3.04. The largest absolute Gasteiger partial charge is 0.356 e. The molecule has 1 N–H and O–H groups in total. The average molecular weight is 354 g/mol. The summed E-state index contributed by atoms with van der Waals surface area (Å²) >= 11 is 0. The number of halogens is 1. The van der Waals surface area contributed by atoms with Gasteiger partial charge in [-0.2, -0.15) is 0 Å². The summed E-state index contributed by atoms with van der Waals surface area (Å²) in [7, 11) is 4.07. The van der Waals surface area contributed by atoms with Gasteiger partial charge in [0.1, 0.15) is 23.8 Å². The van der Waals surface area contributed by atoms with Gasteiger partial charge in [-0.15, -0.1) is 0 Å². The quantitative estimate of drug-likeness (QED) is 0.781. The molecule has 3 heterocycles. The van der Waals surface area contributed by atoms with Gasteiger partial charge in [0.2, 0.25) is 0 Å². The number of anilines is 1. The van der Waals surface area contributed by atoms with Crippen LogP contribution in [-0.2, 0) is 6.54 Å². The van der Waals surface area contributed by atoms with Crippen LogP contribution in [0.5, 0.6) is 0 Å². The summed E-state index contributed by atoms with van der Waals surface area (Å²) in [6.07, 6.45) is 3.64. The third kappa shape index (κ3) is 3.53. The molecule has 0 spiro atoms. The maximum Gasteiger partial charge on any atom is 0.132 e. The van der Waals surface area contributed by atoms with Gasteiger partial charge in [-0.3, -0.25) is 0 Å². The monoisotopic (exact) mass is 354 g/mol. The van der Waals surface area contributed by atoms with Crippen LogP contribution in [0.3, 0.4) is 0 Å². The van der Waals surface area contributed by atoms with Gasteiger partial charge in [-0.05, 0) is 45.1 Å². The number of aromatic nitrogens is 4. The number of fused-ring (bicyclic) bond motifs is 1. The Kier molecular flexibility index (Phi) is 4.55. The molecule has 0 atom stereocenters. The molecule has 26 heavy (non-hydrogen) atoms. The van der Waals surface area contributed by atoms with E-state index in [0.717, 1.165) is 60.8 Å². The van der Waals surface area contributed by atoms with E-state index >= 15 is 0 Å². The molecule has 2 aromatic heterocycles. The topological polar surface area (TPSA) is 60.9 Å². The normalized spacial score (nSPS) is 15.9. The second kappa shape index (κ2) is 6.99. The van der Waals surface area contributed by atoms with Crippen molar-refractivity contribution in [2.24, 2.45) is 0 Å². The Balaban J connectivity index is 1.45. The van der Waals surface area contributed by atoms with Crippen molar-refractivity contribution in [3.05, 3.63) is 47.9 Å². The molecule has 1 aromatic carbocycles. The Morgan fingerprint density at radius 3 is 2.77 bits per heavy atom. The van der Waals surface area contributed by atoms with Crippen LogP contribution in [0.25, 0.3) is 11.0 Å². The van der Waals surface area contributed by atoms with Crippen molar-refractivity contribution in [3.8, 4) is 0 Å². The number of benzene rings is 1. The zero-order chi connectivity index (χ0) is 18.1. The number of nitrogens with zero attached hydrogens (tertiary/aromatic N) is 5. The van der Waals surface area contributed by atoms with Crippen LogP contribution in [0, 0.1) is 5.82 Å². The van der Waals surface area contributed by atoms with Crippen molar-refractivity contribution in [1.82, 2.24) is 24.8 Å². The van der Waals surface area contributed by atoms with Gasteiger partial charge >= 0.3 is 0 Å². The first-order valence-corrected chi connectivity index (χ1v) is 8.94. The summed E-state index contributed by atoms with van der Waals surface area (Å²) in [5.74, 6) is 2.08. The maximum atomic E-state index is 13.4.